The largest absolute Gasteiger partial charge is 0.660 e. The van der Waals surface area contributed by atoms with Crippen LogP contribution in [0.3, 0.4) is 0 Å². The average Bonchev–Trinajstić information content (AvgIpc) is 2.88. The van der Waals surface area contributed by atoms with Gasteiger partial charge in [-0.2, -0.15) is 0 Å². The van der Waals surface area contributed by atoms with Gasteiger partial charge in [0.2, 0.25) is 0 Å². The van der Waals surface area contributed by atoms with Gasteiger partial charge < -0.3 is 4.98 Å². The molecule has 0 spiro atoms. The molecule has 0 saturated carbocycles. The van der Waals surface area contributed by atoms with E-state index in [2.05, 4.69) is 55.5 Å². The Morgan fingerprint density at radius 2 is 1.71 bits per heavy atom. The van der Waals surface area contributed by atoms with E-state index in [0.717, 1.165) is 5.52 Å². The summed E-state index contributed by atoms with van der Waals surface area (Å²) in [6.07, 6.45) is 0. The van der Waals surface area contributed by atoms with Crippen molar-refractivity contribution >= 4 is 10.9 Å². The molecule has 1 heterocycles. The quantitative estimate of drug-likeness (QED) is 0.557. The van der Waals surface area contributed by atoms with Gasteiger partial charge in [-0.25, -0.2) is 0 Å². The normalized spacial score (nSPS) is 17.1. The predicted molar refractivity (Wildman–Crippen MR) is 70.2 cm³/mol. The number of benzene rings is 2. The molecule has 1 atom stereocenters. The first kappa shape index (κ1) is 9.06. The molecule has 0 bridgehead atoms. The molecular formula is C16H12N-. The van der Waals surface area contributed by atoms with Crippen LogP contribution in [0.4, 0.5) is 0 Å². The summed E-state index contributed by atoms with van der Waals surface area (Å²) in [6, 6.07) is 17.1. The van der Waals surface area contributed by atoms with Gasteiger partial charge in [-0.3, -0.25) is 0 Å². The molecular weight excluding hydrogens is 206 g/mol. The number of hydrogen-bond acceptors (Lipinski definition) is 0. The summed E-state index contributed by atoms with van der Waals surface area (Å²) in [6.45, 7) is 2.25. The van der Waals surface area contributed by atoms with E-state index in [0.29, 0.717) is 5.92 Å². The van der Waals surface area contributed by atoms with E-state index in [4.69, 9.17) is 4.98 Å². The molecule has 0 amide bonds. The van der Waals surface area contributed by atoms with Crippen LogP contribution in [0, 0.1) is 0 Å². The first-order valence-electron chi connectivity index (χ1n) is 6.01. The number of hydrogen-bond donors (Lipinski definition) is 0. The maximum absolute atomic E-state index is 4.79. The van der Waals surface area contributed by atoms with Crippen LogP contribution >= 0.6 is 0 Å². The molecule has 1 nitrogen and oxygen atoms in total. The zero-order valence-electron chi connectivity index (χ0n) is 9.64. The Labute approximate surface area is 100 Å². The smallest absolute Gasteiger partial charge is 0.0131 e. The maximum Gasteiger partial charge on any atom is -0.0131 e. The lowest BCUT2D eigenvalue weighted by Crippen LogP contribution is -1.91. The van der Waals surface area contributed by atoms with E-state index in [9.17, 15) is 0 Å². The van der Waals surface area contributed by atoms with E-state index in [-0.39, 0.29) is 0 Å². The fourth-order valence-electron chi connectivity index (χ4n) is 2.95. The minimum atomic E-state index is 0.425. The van der Waals surface area contributed by atoms with Crippen LogP contribution in [-0.2, 0) is 0 Å². The molecule has 1 aliphatic carbocycles. The van der Waals surface area contributed by atoms with E-state index < -0.39 is 0 Å². The van der Waals surface area contributed by atoms with Crippen LogP contribution in [0.15, 0.2) is 48.5 Å². The van der Waals surface area contributed by atoms with Crippen LogP contribution in [-0.4, -0.2) is 0 Å². The Bertz CT molecular complexity index is 721. The van der Waals surface area contributed by atoms with Crippen LogP contribution in [0.1, 0.15) is 24.1 Å². The first-order chi connectivity index (χ1) is 8.36. The molecule has 0 radical (unpaired) electrons. The number of rotatable bonds is 0. The second-order valence-corrected chi connectivity index (χ2v) is 4.70. The SMILES string of the molecule is CC1c2ccccc2-c2c1[n-]c1ccccc21. The van der Waals surface area contributed by atoms with Gasteiger partial charge in [0.25, 0.3) is 0 Å². The van der Waals surface area contributed by atoms with Gasteiger partial charge in [0.15, 0.2) is 0 Å². The van der Waals surface area contributed by atoms with Crippen LogP contribution in [0.5, 0.6) is 0 Å². The summed E-state index contributed by atoms with van der Waals surface area (Å²) in [5.74, 6) is 0.425. The summed E-state index contributed by atoms with van der Waals surface area (Å²) in [7, 11) is 0. The Balaban J connectivity index is 2.18. The van der Waals surface area contributed by atoms with Crippen molar-refractivity contribution in [1.82, 2.24) is 4.98 Å². The lowest BCUT2D eigenvalue weighted by molar-refractivity contribution is 0.912. The van der Waals surface area contributed by atoms with E-state index in [1.165, 1.54) is 27.8 Å². The molecule has 2 aromatic carbocycles. The second kappa shape index (κ2) is 3.01. The Morgan fingerprint density at radius 1 is 0.941 bits per heavy atom. The van der Waals surface area contributed by atoms with Crippen molar-refractivity contribution in [3.05, 3.63) is 59.8 Å². The van der Waals surface area contributed by atoms with Gasteiger partial charge in [-0.1, -0.05) is 55.5 Å². The van der Waals surface area contributed by atoms with Crippen LogP contribution in [0.2, 0.25) is 0 Å². The highest BCUT2D eigenvalue weighted by Crippen LogP contribution is 2.47. The topological polar surface area (TPSA) is 14.1 Å². The van der Waals surface area contributed by atoms with E-state index in [1.54, 1.807) is 0 Å². The van der Waals surface area contributed by atoms with Gasteiger partial charge >= 0.3 is 0 Å². The highest BCUT2D eigenvalue weighted by atomic mass is 14.7. The lowest BCUT2D eigenvalue weighted by atomic mass is 10.0. The third-order valence-electron chi connectivity index (χ3n) is 3.78. The van der Waals surface area contributed by atoms with Crippen molar-refractivity contribution in [2.24, 2.45) is 0 Å². The van der Waals surface area contributed by atoms with Gasteiger partial charge in [0.05, 0.1) is 0 Å². The van der Waals surface area contributed by atoms with E-state index >= 15 is 0 Å². The van der Waals surface area contributed by atoms with Gasteiger partial charge in [-0.05, 0) is 28.0 Å². The van der Waals surface area contributed by atoms with Gasteiger partial charge in [0.1, 0.15) is 0 Å². The molecule has 1 unspecified atom stereocenters. The Hall–Kier alpha value is -2.02. The number of fused-ring (bicyclic) bond motifs is 5. The van der Waals surface area contributed by atoms with Crippen molar-refractivity contribution in [1.29, 1.82) is 0 Å². The fraction of sp³-hybridized carbons (Fsp3) is 0.125. The summed E-state index contributed by atoms with van der Waals surface area (Å²) >= 11 is 0. The summed E-state index contributed by atoms with van der Waals surface area (Å²) < 4.78 is 0. The molecule has 82 valence electrons. The van der Waals surface area contributed by atoms with Crippen molar-refractivity contribution in [2.45, 2.75) is 12.8 Å². The molecule has 1 heteroatoms. The number of nitrogens with zero attached hydrogens (tertiary/aromatic N) is 1. The molecule has 0 N–H and O–H groups in total. The Morgan fingerprint density at radius 3 is 2.65 bits per heavy atom. The van der Waals surface area contributed by atoms with Crippen molar-refractivity contribution in [3.63, 3.8) is 0 Å². The standard InChI is InChI=1S/C16H12N/c1-10-11-6-2-3-7-12(11)15-13-8-4-5-9-14(13)17-16(10)15/h2-10H,1H3/q-1. The number of aromatic nitrogens is 1. The van der Waals surface area contributed by atoms with Crippen LogP contribution < -0.4 is 4.98 Å². The summed E-state index contributed by atoms with van der Waals surface area (Å²) in [5, 5.41) is 1.29. The third kappa shape index (κ3) is 1.04. The molecule has 4 rings (SSSR count). The summed E-state index contributed by atoms with van der Waals surface area (Å²) in [4.78, 5) is 4.79. The van der Waals surface area contributed by atoms with Crippen molar-refractivity contribution in [2.75, 3.05) is 0 Å². The zero-order valence-corrected chi connectivity index (χ0v) is 9.64. The monoisotopic (exact) mass is 218 g/mol. The van der Waals surface area contributed by atoms with Gasteiger partial charge in [0, 0.05) is 0 Å². The second-order valence-electron chi connectivity index (χ2n) is 4.70. The first-order valence-corrected chi connectivity index (χ1v) is 6.01. The average molecular weight is 218 g/mol. The molecule has 1 aliphatic rings. The Kier molecular flexibility index (Phi) is 1.60. The van der Waals surface area contributed by atoms with Crippen LogP contribution in [0.25, 0.3) is 22.0 Å². The maximum atomic E-state index is 4.79. The third-order valence-corrected chi connectivity index (χ3v) is 3.78. The highest BCUT2D eigenvalue weighted by Gasteiger charge is 2.22. The fourth-order valence-corrected chi connectivity index (χ4v) is 2.95. The molecule has 0 fully saturated rings. The van der Waals surface area contributed by atoms with E-state index in [1.807, 2.05) is 0 Å². The molecule has 0 saturated heterocycles. The molecule has 0 aliphatic heterocycles. The predicted octanol–water partition coefficient (Wildman–Crippen LogP) is 3.93. The number of para-hydroxylation sites is 1. The molecule has 1 aromatic heterocycles. The summed E-state index contributed by atoms with van der Waals surface area (Å²) in [5.41, 5.74) is 6.49. The van der Waals surface area contributed by atoms with Crippen molar-refractivity contribution in [3.8, 4) is 11.1 Å². The molecule has 17 heavy (non-hydrogen) atoms. The minimum absolute atomic E-state index is 0.425. The van der Waals surface area contributed by atoms with Gasteiger partial charge in [-0.15, -0.1) is 11.2 Å². The molecule has 3 aromatic rings. The minimum Gasteiger partial charge on any atom is -0.660 e. The highest BCUT2D eigenvalue weighted by molar-refractivity contribution is 6.00. The van der Waals surface area contributed by atoms with Crippen molar-refractivity contribution < 1.29 is 0 Å². The zero-order chi connectivity index (χ0) is 11.4. The lowest BCUT2D eigenvalue weighted by Gasteiger charge is -2.12.